The van der Waals surface area contributed by atoms with E-state index in [1.807, 2.05) is 17.5 Å². The minimum absolute atomic E-state index is 0.820. The zero-order chi connectivity index (χ0) is 9.80. The van der Waals surface area contributed by atoms with Crippen LogP contribution < -0.4 is 5.32 Å². The van der Waals surface area contributed by atoms with Crippen molar-refractivity contribution >= 4 is 32.4 Å². The second kappa shape index (κ2) is 4.57. The van der Waals surface area contributed by atoms with Crippen LogP contribution in [0.5, 0.6) is 0 Å². The molecule has 0 aliphatic carbocycles. The van der Waals surface area contributed by atoms with Gasteiger partial charge in [0.15, 0.2) is 5.13 Å². The van der Waals surface area contributed by atoms with E-state index in [1.165, 1.54) is 5.56 Å². The number of rotatable bonds is 3. The summed E-state index contributed by atoms with van der Waals surface area (Å²) in [7, 11) is 0. The number of hydrogen-bond donors (Lipinski definition) is 1. The number of nitrogens with zero attached hydrogens (tertiary/aromatic N) is 1. The second-order valence-electron chi connectivity index (χ2n) is 2.82. The quantitative estimate of drug-likeness (QED) is 0.922. The van der Waals surface area contributed by atoms with Crippen LogP contribution in [0.1, 0.15) is 5.56 Å². The van der Waals surface area contributed by atoms with Crippen molar-refractivity contribution in [1.82, 2.24) is 4.98 Å². The van der Waals surface area contributed by atoms with E-state index in [1.54, 1.807) is 17.5 Å². The predicted molar refractivity (Wildman–Crippen MR) is 63.6 cm³/mol. The largest absolute Gasteiger partial charge is 0.357 e. The van der Waals surface area contributed by atoms with E-state index in [0.717, 1.165) is 16.1 Å². The van der Waals surface area contributed by atoms with Crippen molar-refractivity contribution in [3.63, 3.8) is 0 Å². The molecule has 0 fully saturated rings. The molecule has 0 radical (unpaired) electrons. The molecule has 14 heavy (non-hydrogen) atoms. The summed E-state index contributed by atoms with van der Waals surface area (Å²) in [4.78, 5) is 4.15. The van der Waals surface area contributed by atoms with Crippen molar-refractivity contribution in [2.45, 2.75) is 6.54 Å². The van der Waals surface area contributed by atoms with Crippen LogP contribution in [0.3, 0.4) is 0 Å². The van der Waals surface area contributed by atoms with Gasteiger partial charge in [-0.3, -0.25) is 0 Å². The van der Waals surface area contributed by atoms with E-state index in [9.17, 15) is 0 Å². The molecule has 0 saturated heterocycles. The van der Waals surface area contributed by atoms with Crippen molar-refractivity contribution in [3.8, 4) is 0 Å². The standard InChI is InChI=1S/C10H9BrN2S/c11-9-3-1-8(2-4-9)7-13-10-12-5-6-14-10/h1-6H,7H2,(H,12,13). The molecule has 1 N–H and O–H groups in total. The third kappa shape index (κ3) is 2.56. The van der Waals surface area contributed by atoms with Crippen molar-refractivity contribution in [2.75, 3.05) is 5.32 Å². The summed E-state index contributed by atoms with van der Waals surface area (Å²) >= 11 is 5.02. The Morgan fingerprint density at radius 3 is 2.71 bits per heavy atom. The van der Waals surface area contributed by atoms with Crippen molar-refractivity contribution in [2.24, 2.45) is 0 Å². The molecule has 0 unspecified atom stereocenters. The summed E-state index contributed by atoms with van der Waals surface area (Å²) in [6.45, 7) is 0.820. The average molecular weight is 269 g/mol. The lowest BCUT2D eigenvalue weighted by atomic mass is 10.2. The fraction of sp³-hybridized carbons (Fsp3) is 0.100. The van der Waals surface area contributed by atoms with Crippen molar-refractivity contribution < 1.29 is 0 Å². The van der Waals surface area contributed by atoms with Crippen LogP contribution >= 0.6 is 27.3 Å². The van der Waals surface area contributed by atoms with Gasteiger partial charge in [-0.15, -0.1) is 11.3 Å². The second-order valence-corrected chi connectivity index (χ2v) is 4.63. The summed E-state index contributed by atoms with van der Waals surface area (Å²) in [6.07, 6.45) is 1.80. The van der Waals surface area contributed by atoms with Gasteiger partial charge in [0.1, 0.15) is 0 Å². The van der Waals surface area contributed by atoms with E-state index in [4.69, 9.17) is 0 Å². The molecule has 2 nitrogen and oxygen atoms in total. The maximum absolute atomic E-state index is 4.15. The Morgan fingerprint density at radius 2 is 2.07 bits per heavy atom. The maximum Gasteiger partial charge on any atom is 0.182 e. The molecule has 0 spiro atoms. The van der Waals surface area contributed by atoms with Gasteiger partial charge in [-0.05, 0) is 17.7 Å². The monoisotopic (exact) mass is 268 g/mol. The van der Waals surface area contributed by atoms with Gasteiger partial charge in [-0.1, -0.05) is 28.1 Å². The molecule has 0 aliphatic heterocycles. The van der Waals surface area contributed by atoms with Gasteiger partial charge >= 0.3 is 0 Å². The predicted octanol–water partition coefficient (Wildman–Crippen LogP) is 3.52. The number of aromatic nitrogens is 1. The van der Waals surface area contributed by atoms with Crippen molar-refractivity contribution in [1.29, 1.82) is 0 Å². The molecule has 1 aromatic carbocycles. The highest BCUT2D eigenvalue weighted by Crippen LogP contribution is 2.14. The van der Waals surface area contributed by atoms with E-state index in [-0.39, 0.29) is 0 Å². The third-order valence-corrected chi connectivity index (χ3v) is 3.05. The highest BCUT2D eigenvalue weighted by Gasteiger charge is 1.95. The summed E-state index contributed by atoms with van der Waals surface area (Å²) in [5.41, 5.74) is 1.25. The van der Waals surface area contributed by atoms with Gasteiger partial charge in [0.25, 0.3) is 0 Å². The number of nitrogens with one attached hydrogen (secondary N) is 1. The lowest BCUT2D eigenvalue weighted by Crippen LogP contribution is -1.97. The van der Waals surface area contributed by atoms with Gasteiger partial charge in [-0.2, -0.15) is 0 Å². The maximum atomic E-state index is 4.15. The number of hydrogen-bond acceptors (Lipinski definition) is 3. The first-order valence-electron chi connectivity index (χ1n) is 4.22. The van der Waals surface area contributed by atoms with E-state index >= 15 is 0 Å². The summed E-state index contributed by atoms with van der Waals surface area (Å²) < 4.78 is 1.11. The first-order valence-corrected chi connectivity index (χ1v) is 5.90. The third-order valence-electron chi connectivity index (χ3n) is 1.79. The average Bonchev–Trinajstić information content (AvgIpc) is 2.70. The first-order chi connectivity index (χ1) is 6.84. The Labute approximate surface area is 95.1 Å². The number of thiazole rings is 1. The molecule has 0 bridgehead atoms. The zero-order valence-corrected chi connectivity index (χ0v) is 9.81. The molecule has 2 aromatic rings. The Kier molecular flexibility index (Phi) is 3.16. The molecule has 0 aliphatic rings. The van der Waals surface area contributed by atoms with Crippen LogP contribution in [0, 0.1) is 0 Å². The van der Waals surface area contributed by atoms with Gasteiger partial charge in [0.2, 0.25) is 0 Å². The molecule has 0 atom stereocenters. The minimum Gasteiger partial charge on any atom is -0.357 e. The Bertz CT molecular complexity index is 383. The Hall–Kier alpha value is -0.870. The SMILES string of the molecule is Brc1ccc(CNc2nccs2)cc1. The van der Waals surface area contributed by atoms with Gasteiger partial charge < -0.3 is 5.32 Å². The normalized spacial score (nSPS) is 10.1. The molecule has 2 rings (SSSR count). The number of anilines is 1. The van der Waals surface area contributed by atoms with Gasteiger partial charge in [0, 0.05) is 22.6 Å². The highest BCUT2D eigenvalue weighted by molar-refractivity contribution is 9.10. The van der Waals surface area contributed by atoms with Crippen molar-refractivity contribution in [3.05, 3.63) is 45.9 Å². The first kappa shape index (κ1) is 9.68. The Morgan fingerprint density at radius 1 is 1.29 bits per heavy atom. The molecule has 0 amide bonds. The molecular weight excluding hydrogens is 260 g/mol. The summed E-state index contributed by atoms with van der Waals surface area (Å²) in [5.74, 6) is 0. The van der Waals surface area contributed by atoms with Gasteiger partial charge in [0.05, 0.1) is 0 Å². The number of benzene rings is 1. The molecule has 1 aromatic heterocycles. The van der Waals surface area contributed by atoms with Crippen LogP contribution in [-0.4, -0.2) is 4.98 Å². The summed E-state index contributed by atoms with van der Waals surface area (Å²) in [6, 6.07) is 8.26. The lowest BCUT2D eigenvalue weighted by molar-refractivity contribution is 1.13. The van der Waals surface area contributed by atoms with Crippen LogP contribution in [0.15, 0.2) is 40.3 Å². The lowest BCUT2D eigenvalue weighted by Gasteiger charge is -2.02. The molecule has 0 saturated carbocycles. The molecule has 72 valence electrons. The topological polar surface area (TPSA) is 24.9 Å². The van der Waals surface area contributed by atoms with E-state index < -0.39 is 0 Å². The fourth-order valence-corrected chi connectivity index (χ4v) is 1.88. The van der Waals surface area contributed by atoms with Crippen LogP contribution in [0.4, 0.5) is 5.13 Å². The van der Waals surface area contributed by atoms with Gasteiger partial charge in [-0.25, -0.2) is 4.98 Å². The van der Waals surface area contributed by atoms with Crippen LogP contribution in [0.2, 0.25) is 0 Å². The van der Waals surface area contributed by atoms with E-state index in [0.29, 0.717) is 0 Å². The van der Waals surface area contributed by atoms with E-state index in [2.05, 4.69) is 38.4 Å². The van der Waals surface area contributed by atoms with Crippen LogP contribution in [-0.2, 0) is 6.54 Å². The summed E-state index contributed by atoms with van der Waals surface area (Å²) in [5, 5.41) is 6.18. The molecular formula is C10H9BrN2S. The zero-order valence-electron chi connectivity index (χ0n) is 7.40. The van der Waals surface area contributed by atoms with Crippen LogP contribution in [0.25, 0.3) is 0 Å². The number of halogens is 1. The fourth-order valence-electron chi connectivity index (χ4n) is 1.09. The molecule has 4 heteroatoms. The smallest absolute Gasteiger partial charge is 0.182 e. The Balaban J connectivity index is 1.95. The minimum atomic E-state index is 0.820. The highest BCUT2D eigenvalue weighted by atomic mass is 79.9. The molecule has 1 heterocycles.